The summed E-state index contributed by atoms with van der Waals surface area (Å²) in [6, 6.07) is 9.58. The predicted molar refractivity (Wildman–Crippen MR) is 77.1 cm³/mol. The maximum atomic E-state index is 6.03. The molecule has 0 saturated heterocycles. The molecule has 0 fully saturated rings. The Balaban J connectivity index is 2.16. The van der Waals surface area contributed by atoms with Gasteiger partial charge in [-0.3, -0.25) is 0 Å². The molecule has 0 spiro atoms. The number of imidazole rings is 1. The maximum absolute atomic E-state index is 6.03. The normalized spacial score (nSPS) is 11.1. The molecule has 1 aromatic carbocycles. The molecule has 0 aliphatic heterocycles. The molecular weight excluding hydrogens is 335 g/mol. The lowest BCUT2D eigenvalue weighted by molar-refractivity contribution is -0.510. The van der Waals surface area contributed by atoms with Crippen LogP contribution < -0.4 is 4.40 Å². The smallest absolute Gasteiger partial charge is 0.237 e. The first-order valence-electron chi connectivity index (χ1n) is 5.28. The number of fused-ring (bicyclic) bond motifs is 1. The number of rotatable bonds is 1. The predicted octanol–water partition coefficient (Wildman–Crippen LogP) is 4.49. The van der Waals surface area contributed by atoms with E-state index in [0.717, 1.165) is 21.4 Å². The van der Waals surface area contributed by atoms with Crippen molar-refractivity contribution in [1.29, 1.82) is 0 Å². The molecule has 0 radical (unpaired) electrons. The Bertz CT molecular complexity index is 737. The van der Waals surface area contributed by atoms with Crippen LogP contribution in [-0.2, 0) is 0 Å². The third kappa shape index (κ3) is 2.14. The lowest BCUT2D eigenvalue weighted by Crippen LogP contribution is -2.16. The highest BCUT2D eigenvalue weighted by Gasteiger charge is 2.12. The van der Waals surface area contributed by atoms with Crippen molar-refractivity contribution < 1.29 is 4.40 Å². The molecule has 0 unspecified atom stereocenters. The molecule has 1 N–H and O–H groups in total. The zero-order chi connectivity index (χ0) is 12.7. The van der Waals surface area contributed by atoms with Gasteiger partial charge in [0, 0.05) is 11.6 Å². The molecule has 3 rings (SSSR count). The van der Waals surface area contributed by atoms with E-state index in [2.05, 4.69) is 20.9 Å². The topological polar surface area (TPSA) is 19.9 Å². The third-order valence-corrected chi connectivity index (χ3v) is 3.91. The molecule has 0 bridgehead atoms. The monoisotopic (exact) mass is 341 g/mol. The van der Waals surface area contributed by atoms with Crippen LogP contribution >= 0.6 is 39.1 Å². The molecule has 2 nitrogen and oxygen atoms in total. The molecule has 2 aromatic heterocycles. The summed E-state index contributed by atoms with van der Waals surface area (Å²) in [5.74, 6) is 0. The third-order valence-electron chi connectivity index (χ3n) is 2.70. The zero-order valence-electron chi connectivity index (χ0n) is 9.12. The van der Waals surface area contributed by atoms with Crippen LogP contribution in [0.5, 0.6) is 0 Å². The molecule has 3 aromatic rings. The van der Waals surface area contributed by atoms with Gasteiger partial charge in [-0.25, -0.2) is 9.38 Å². The first-order valence-corrected chi connectivity index (χ1v) is 6.83. The van der Waals surface area contributed by atoms with E-state index in [-0.39, 0.29) is 0 Å². The molecule has 5 heteroatoms. The van der Waals surface area contributed by atoms with E-state index in [0.29, 0.717) is 10.0 Å². The Hall–Kier alpha value is -1.03. The van der Waals surface area contributed by atoms with Gasteiger partial charge in [-0.15, -0.1) is 0 Å². The fraction of sp³-hybridized carbons (Fsp3) is 0. The van der Waals surface area contributed by atoms with E-state index >= 15 is 0 Å². The highest BCUT2D eigenvalue weighted by molar-refractivity contribution is 9.10. The summed E-state index contributed by atoms with van der Waals surface area (Å²) in [6.07, 6.45) is 4.01. The fourth-order valence-corrected chi connectivity index (χ4v) is 2.47. The number of nitrogens with one attached hydrogen (secondary N) is 1. The molecule has 0 atom stereocenters. The SMILES string of the molecule is Clc1ccc(-c2c[n+]3cc(Br)ccc3[nH]2)cc1Cl. The Morgan fingerprint density at radius 1 is 1.00 bits per heavy atom. The van der Waals surface area contributed by atoms with Gasteiger partial charge in [-0.1, -0.05) is 23.2 Å². The van der Waals surface area contributed by atoms with Crippen molar-refractivity contribution in [2.45, 2.75) is 0 Å². The first kappa shape index (κ1) is 12.0. The maximum Gasteiger partial charge on any atom is 0.284 e. The minimum absolute atomic E-state index is 0.555. The number of hydrogen-bond acceptors (Lipinski definition) is 0. The second-order valence-electron chi connectivity index (χ2n) is 3.94. The van der Waals surface area contributed by atoms with E-state index in [1.165, 1.54) is 0 Å². The summed E-state index contributed by atoms with van der Waals surface area (Å²) in [5.41, 5.74) is 3.01. The summed E-state index contributed by atoms with van der Waals surface area (Å²) < 4.78 is 3.04. The van der Waals surface area contributed by atoms with E-state index in [1.807, 2.05) is 41.1 Å². The van der Waals surface area contributed by atoms with Gasteiger partial charge >= 0.3 is 0 Å². The summed E-state index contributed by atoms with van der Waals surface area (Å²) >= 11 is 15.4. The van der Waals surface area contributed by atoms with Crippen LogP contribution in [0, 0.1) is 0 Å². The number of hydrogen-bond donors (Lipinski definition) is 1. The second kappa shape index (κ2) is 4.57. The molecule has 2 heterocycles. The van der Waals surface area contributed by atoms with Crippen LogP contribution in [0.4, 0.5) is 0 Å². The van der Waals surface area contributed by atoms with Crippen LogP contribution in [0.25, 0.3) is 16.9 Å². The van der Waals surface area contributed by atoms with Crippen molar-refractivity contribution in [2.24, 2.45) is 0 Å². The van der Waals surface area contributed by atoms with E-state index in [4.69, 9.17) is 23.2 Å². The summed E-state index contributed by atoms with van der Waals surface area (Å²) in [5, 5.41) is 1.12. The van der Waals surface area contributed by atoms with E-state index in [1.54, 1.807) is 6.07 Å². The minimum atomic E-state index is 0.555. The van der Waals surface area contributed by atoms with Gasteiger partial charge in [0.15, 0.2) is 5.69 Å². The van der Waals surface area contributed by atoms with Crippen molar-refractivity contribution in [3.05, 3.63) is 57.2 Å². The van der Waals surface area contributed by atoms with Crippen molar-refractivity contribution in [2.75, 3.05) is 0 Å². The Kier molecular flexibility index (Phi) is 3.06. The number of aromatic amines is 1. The van der Waals surface area contributed by atoms with Crippen LogP contribution in [0.3, 0.4) is 0 Å². The van der Waals surface area contributed by atoms with Crippen LogP contribution in [-0.4, -0.2) is 4.98 Å². The molecular formula is C13H8BrCl2N2+. The van der Waals surface area contributed by atoms with Crippen LogP contribution in [0.2, 0.25) is 10.0 Å². The first-order chi connectivity index (χ1) is 8.63. The number of H-pyrrole nitrogens is 1. The number of halogens is 3. The van der Waals surface area contributed by atoms with Crippen molar-refractivity contribution in [3.8, 4) is 11.3 Å². The Morgan fingerprint density at radius 3 is 2.61 bits per heavy atom. The summed E-state index contributed by atoms with van der Waals surface area (Å²) in [4.78, 5) is 3.33. The van der Waals surface area contributed by atoms with Crippen LogP contribution in [0.1, 0.15) is 0 Å². The number of benzene rings is 1. The van der Waals surface area contributed by atoms with Gasteiger partial charge in [-0.2, -0.15) is 0 Å². The van der Waals surface area contributed by atoms with Gasteiger partial charge in [0.1, 0.15) is 12.4 Å². The lowest BCUT2D eigenvalue weighted by atomic mass is 10.2. The molecule has 0 saturated carbocycles. The average molecular weight is 343 g/mol. The Labute approximate surface area is 122 Å². The molecule has 0 aliphatic carbocycles. The van der Waals surface area contributed by atoms with E-state index in [9.17, 15) is 0 Å². The number of aromatic nitrogens is 2. The van der Waals surface area contributed by atoms with Crippen molar-refractivity contribution >= 4 is 44.8 Å². The molecule has 0 amide bonds. The average Bonchev–Trinajstić information content (AvgIpc) is 2.75. The van der Waals surface area contributed by atoms with Gasteiger partial charge < -0.3 is 0 Å². The van der Waals surface area contributed by atoms with Gasteiger partial charge in [-0.05, 0) is 40.2 Å². The fourth-order valence-electron chi connectivity index (χ4n) is 1.82. The molecule has 0 aliphatic rings. The Morgan fingerprint density at radius 2 is 1.83 bits per heavy atom. The molecule has 18 heavy (non-hydrogen) atoms. The van der Waals surface area contributed by atoms with Gasteiger partial charge in [0.2, 0.25) is 0 Å². The van der Waals surface area contributed by atoms with Crippen molar-refractivity contribution in [3.63, 3.8) is 0 Å². The highest BCUT2D eigenvalue weighted by atomic mass is 79.9. The minimum Gasteiger partial charge on any atom is -0.237 e. The number of pyridine rings is 1. The highest BCUT2D eigenvalue weighted by Crippen LogP contribution is 2.27. The largest absolute Gasteiger partial charge is 0.284 e. The summed E-state index contributed by atoms with van der Waals surface area (Å²) in [6.45, 7) is 0. The zero-order valence-corrected chi connectivity index (χ0v) is 12.2. The van der Waals surface area contributed by atoms with E-state index < -0.39 is 0 Å². The quantitative estimate of drug-likeness (QED) is 0.629. The lowest BCUT2D eigenvalue weighted by Gasteiger charge is -1.97. The second-order valence-corrected chi connectivity index (χ2v) is 5.67. The molecule has 90 valence electrons. The van der Waals surface area contributed by atoms with Crippen LogP contribution in [0.15, 0.2) is 47.2 Å². The van der Waals surface area contributed by atoms with Gasteiger partial charge in [0.05, 0.1) is 14.5 Å². The van der Waals surface area contributed by atoms with Gasteiger partial charge in [0.25, 0.3) is 5.65 Å². The summed E-state index contributed by atoms with van der Waals surface area (Å²) in [7, 11) is 0. The number of nitrogens with zero attached hydrogens (tertiary/aromatic N) is 1. The van der Waals surface area contributed by atoms with Crippen molar-refractivity contribution in [1.82, 2.24) is 4.98 Å². The standard InChI is InChI=1S/C13H7BrCl2N2/c14-9-2-4-13-17-12(7-18(13)6-9)8-1-3-10(15)11(16)5-8/h1-7H/p+1.